The number of nitrogens with one attached hydrogen (secondary N) is 1. The maximum Gasteiger partial charge on any atom is 0.265 e. The van der Waals surface area contributed by atoms with E-state index in [9.17, 15) is 14.4 Å². The molecule has 2 aliphatic heterocycles. The van der Waals surface area contributed by atoms with Crippen LogP contribution in [0.15, 0.2) is 24.3 Å². The number of carbonyl (C=O) groups is 3. The van der Waals surface area contributed by atoms with E-state index in [-0.39, 0.29) is 37.3 Å². The van der Waals surface area contributed by atoms with Crippen LogP contribution in [0, 0.1) is 0 Å². The highest BCUT2D eigenvalue weighted by molar-refractivity contribution is 5.98. The van der Waals surface area contributed by atoms with Crippen molar-refractivity contribution in [1.82, 2.24) is 10.2 Å². The second-order valence-electron chi connectivity index (χ2n) is 6.28. The molecule has 0 bridgehead atoms. The van der Waals surface area contributed by atoms with Crippen LogP contribution in [-0.2, 0) is 19.1 Å². The summed E-state index contributed by atoms with van der Waals surface area (Å²) in [5.41, 5.74) is 0.661. The van der Waals surface area contributed by atoms with Crippen molar-refractivity contribution in [2.24, 2.45) is 0 Å². The van der Waals surface area contributed by atoms with Crippen LogP contribution >= 0.6 is 0 Å². The lowest BCUT2D eigenvalue weighted by Gasteiger charge is -2.30. The Balaban J connectivity index is 1.52. The van der Waals surface area contributed by atoms with Gasteiger partial charge in [-0.3, -0.25) is 14.4 Å². The minimum atomic E-state index is -0.603. The van der Waals surface area contributed by atoms with Crippen LogP contribution in [-0.4, -0.2) is 68.1 Å². The molecule has 1 atom stereocenters. The summed E-state index contributed by atoms with van der Waals surface area (Å²) < 4.78 is 10.6. The van der Waals surface area contributed by atoms with Gasteiger partial charge in [-0.15, -0.1) is 0 Å². The Morgan fingerprint density at radius 3 is 2.73 bits per heavy atom. The number of hydrogen-bond acceptors (Lipinski definition) is 5. The summed E-state index contributed by atoms with van der Waals surface area (Å²) in [7, 11) is 0. The maximum atomic E-state index is 12.3. The van der Waals surface area contributed by atoms with E-state index in [1.807, 2.05) is 12.1 Å². The number of morpholine rings is 1. The summed E-state index contributed by atoms with van der Waals surface area (Å²) in [6.07, 6.45) is 0.112. The van der Waals surface area contributed by atoms with E-state index in [0.29, 0.717) is 37.7 Å². The highest BCUT2D eigenvalue weighted by atomic mass is 16.5. The van der Waals surface area contributed by atoms with Gasteiger partial charge >= 0.3 is 0 Å². The van der Waals surface area contributed by atoms with Gasteiger partial charge in [0, 0.05) is 26.1 Å². The van der Waals surface area contributed by atoms with E-state index >= 15 is 0 Å². The molecule has 1 saturated heterocycles. The highest BCUT2D eigenvalue weighted by Crippen LogP contribution is 2.31. The monoisotopic (exact) mass is 361 g/mol. The Labute approximate surface area is 152 Å². The van der Waals surface area contributed by atoms with E-state index in [0.717, 1.165) is 0 Å². The number of para-hydroxylation sites is 2. The van der Waals surface area contributed by atoms with Crippen molar-refractivity contribution in [1.29, 1.82) is 0 Å². The fourth-order valence-corrected chi connectivity index (χ4v) is 3.05. The molecule has 140 valence electrons. The minimum Gasteiger partial charge on any atom is -0.482 e. The minimum absolute atomic E-state index is 0.0372. The van der Waals surface area contributed by atoms with Crippen molar-refractivity contribution in [3.8, 4) is 5.75 Å². The van der Waals surface area contributed by atoms with E-state index < -0.39 is 6.04 Å². The van der Waals surface area contributed by atoms with Crippen LogP contribution in [0.4, 0.5) is 5.69 Å². The number of ether oxygens (including phenoxy) is 2. The maximum absolute atomic E-state index is 12.3. The van der Waals surface area contributed by atoms with Gasteiger partial charge in [-0.1, -0.05) is 12.1 Å². The third kappa shape index (κ3) is 4.13. The molecule has 8 nitrogen and oxygen atoms in total. The number of benzene rings is 1. The SMILES string of the molecule is CC(NC(=O)CCN1C(=O)COc2ccccc21)C(=O)N1CCOCC1. The molecular formula is C18H23N3O5. The van der Waals surface area contributed by atoms with Crippen LogP contribution < -0.4 is 15.0 Å². The summed E-state index contributed by atoms with van der Waals surface area (Å²) in [6.45, 7) is 3.99. The lowest BCUT2D eigenvalue weighted by atomic mass is 10.2. The molecule has 3 amide bonds. The molecule has 1 fully saturated rings. The van der Waals surface area contributed by atoms with Gasteiger partial charge in [-0.25, -0.2) is 0 Å². The second-order valence-corrected chi connectivity index (χ2v) is 6.28. The first-order valence-corrected chi connectivity index (χ1v) is 8.74. The molecule has 0 aliphatic carbocycles. The normalized spacial score (nSPS) is 18.0. The van der Waals surface area contributed by atoms with E-state index in [2.05, 4.69) is 5.32 Å². The number of amides is 3. The lowest BCUT2D eigenvalue weighted by molar-refractivity contribution is -0.139. The van der Waals surface area contributed by atoms with E-state index in [1.54, 1.807) is 28.9 Å². The van der Waals surface area contributed by atoms with Gasteiger partial charge in [-0.05, 0) is 19.1 Å². The second kappa shape index (κ2) is 8.18. The number of nitrogens with zero attached hydrogens (tertiary/aromatic N) is 2. The molecule has 0 aromatic heterocycles. The van der Waals surface area contributed by atoms with Gasteiger partial charge in [-0.2, -0.15) is 0 Å². The van der Waals surface area contributed by atoms with Gasteiger partial charge < -0.3 is 24.6 Å². The first kappa shape index (κ1) is 18.2. The predicted octanol–water partition coefficient (Wildman–Crippen LogP) is 0.166. The molecule has 1 aromatic rings. The van der Waals surface area contributed by atoms with Gasteiger partial charge in [0.25, 0.3) is 5.91 Å². The van der Waals surface area contributed by atoms with Gasteiger partial charge in [0.2, 0.25) is 11.8 Å². The van der Waals surface area contributed by atoms with Crippen molar-refractivity contribution in [2.45, 2.75) is 19.4 Å². The molecule has 26 heavy (non-hydrogen) atoms. The van der Waals surface area contributed by atoms with Crippen molar-refractivity contribution in [3.05, 3.63) is 24.3 Å². The summed E-state index contributed by atoms with van der Waals surface area (Å²) in [5, 5.41) is 2.72. The Hall–Kier alpha value is -2.61. The first-order chi connectivity index (χ1) is 12.6. The fourth-order valence-electron chi connectivity index (χ4n) is 3.05. The molecular weight excluding hydrogens is 338 g/mol. The third-order valence-corrected chi connectivity index (χ3v) is 4.44. The van der Waals surface area contributed by atoms with Crippen LogP contribution in [0.2, 0.25) is 0 Å². The summed E-state index contributed by atoms with van der Waals surface area (Å²) in [6, 6.07) is 6.62. The molecule has 1 unspecified atom stereocenters. The van der Waals surface area contributed by atoms with Gasteiger partial charge in [0.1, 0.15) is 11.8 Å². The van der Waals surface area contributed by atoms with Crippen molar-refractivity contribution in [3.63, 3.8) is 0 Å². The quantitative estimate of drug-likeness (QED) is 0.808. The number of fused-ring (bicyclic) bond motifs is 1. The zero-order valence-corrected chi connectivity index (χ0v) is 14.8. The molecule has 8 heteroatoms. The van der Waals surface area contributed by atoms with Crippen LogP contribution in [0.5, 0.6) is 5.75 Å². The fraction of sp³-hybridized carbons (Fsp3) is 0.500. The van der Waals surface area contributed by atoms with E-state index in [1.165, 1.54) is 0 Å². The number of rotatable bonds is 5. The molecule has 1 N–H and O–H groups in total. The Kier molecular flexibility index (Phi) is 5.72. The standard InChI is InChI=1S/C18H23N3O5/c1-13(18(24)20-8-10-25-11-9-20)19-16(22)6-7-21-14-4-2-3-5-15(14)26-12-17(21)23/h2-5,13H,6-12H2,1H3,(H,19,22). The van der Waals surface area contributed by atoms with Crippen molar-refractivity contribution in [2.75, 3.05) is 44.4 Å². The zero-order chi connectivity index (χ0) is 18.5. The third-order valence-electron chi connectivity index (χ3n) is 4.44. The zero-order valence-electron chi connectivity index (χ0n) is 14.8. The molecule has 1 aromatic carbocycles. The molecule has 0 radical (unpaired) electrons. The molecule has 0 saturated carbocycles. The largest absolute Gasteiger partial charge is 0.482 e. The van der Waals surface area contributed by atoms with Gasteiger partial charge in [0.05, 0.1) is 18.9 Å². The first-order valence-electron chi connectivity index (χ1n) is 8.74. The van der Waals surface area contributed by atoms with E-state index in [4.69, 9.17) is 9.47 Å². The van der Waals surface area contributed by atoms with Crippen LogP contribution in [0.3, 0.4) is 0 Å². The Bertz CT molecular complexity index is 687. The number of carbonyl (C=O) groups excluding carboxylic acids is 3. The average Bonchev–Trinajstić information content (AvgIpc) is 2.67. The summed E-state index contributed by atoms with van der Waals surface area (Å²) in [4.78, 5) is 39.9. The highest BCUT2D eigenvalue weighted by Gasteiger charge is 2.27. The molecule has 2 heterocycles. The Morgan fingerprint density at radius 2 is 1.96 bits per heavy atom. The lowest BCUT2D eigenvalue weighted by Crippen LogP contribution is -2.51. The van der Waals surface area contributed by atoms with Crippen molar-refractivity contribution < 1.29 is 23.9 Å². The molecule has 0 spiro atoms. The average molecular weight is 361 g/mol. The number of hydrogen-bond donors (Lipinski definition) is 1. The molecule has 2 aliphatic rings. The van der Waals surface area contributed by atoms with Crippen molar-refractivity contribution >= 4 is 23.4 Å². The van der Waals surface area contributed by atoms with Crippen LogP contribution in [0.25, 0.3) is 0 Å². The summed E-state index contributed by atoms with van der Waals surface area (Å²) in [5.74, 6) is 0.0580. The predicted molar refractivity (Wildman–Crippen MR) is 93.9 cm³/mol. The smallest absolute Gasteiger partial charge is 0.265 e. The molecule has 3 rings (SSSR count). The Morgan fingerprint density at radius 1 is 1.23 bits per heavy atom. The number of anilines is 1. The summed E-state index contributed by atoms with van der Waals surface area (Å²) >= 11 is 0. The van der Waals surface area contributed by atoms with Gasteiger partial charge in [0.15, 0.2) is 6.61 Å². The van der Waals surface area contributed by atoms with Crippen LogP contribution in [0.1, 0.15) is 13.3 Å². The topological polar surface area (TPSA) is 88.2 Å².